The van der Waals surface area contributed by atoms with Gasteiger partial charge in [-0.05, 0) is 47.3 Å². The van der Waals surface area contributed by atoms with E-state index >= 15 is 0 Å². The van der Waals surface area contributed by atoms with Gasteiger partial charge in [0.2, 0.25) is 0 Å². The van der Waals surface area contributed by atoms with E-state index in [1.165, 1.54) is 0 Å². The maximum absolute atomic E-state index is 6.15. The first kappa shape index (κ1) is 31.8. The molecule has 0 N–H and O–H groups in total. The van der Waals surface area contributed by atoms with E-state index in [-0.39, 0.29) is 0 Å². The molecule has 7 aromatic carbocycles. The Morgan fingerprint density at radius 2 is 0.929 bits per heavy atom. The highest BCUT2D eigenvalue weighted by molar-refractivity contribution is 6.09. The molecule has 4 aromatic heterocycles. The highest BCUT2D eigenvalue weighted by Gasteiger charge is 2.22. The van der Waals surface area contributed by atoms with E-state index in [9.17, 15) is 0 Å². The molecule has 4 heterocycles. The Hall–Kier alpha value is -7.70. The summed E-state index contributed by atoms with van der Waals surface area (Å²) >= 11 is 0. The van der Waals surface area contributed by atoms with Gasteiger partial charge in [0.15, 0.2) is 17.5 Å². The van der Waals surface area contributed by atoms with Gasteiger partial charge in [-0.3, -0.25) is 0 Å². The first-order chi connectivity index (χ1) is 27.7. The molecular formula is C50H31N5O. The van der Waals surface area contributed by atoms with E-state index in [0.29, 0.717) is 17.5 Å². The van der Waals surface area contributed by atoms with Crippen LogP contribution in [0.4, 0.5) is 0 Å². The molecule has 0 fully saturated rings. The van der Waals surface area contributed by atoms with Gasteiger partial charge in [0, 0.05) is 49.5 Å². The number of benzene rings is 7. The molecule has 0 saturated heterocycles. The van der Waals surface area contributed by atoms with Crippen LogP contribution in [-0.4, -0.2) is 24.6 Å². The number of nitrogens with zero attached hydrogens (tertiary/aromatic N) is 5. The molecule has 6 heteroatoms. The number of fused-ring (bicyclic) bond motifs is 6. The Morgan fingerprint density at radius 1 is 0.375 bits per heavy atom. The van der Waals surface area contributed by atoms with E-state index < -0.39 is 0 Å². The lowest BCUT2D eigenvalue weighted by atomic mass is 9.95. The number of hydrogen-bond donors (Lipinski definition) is 0. The van der Waals surface area contributed by atoms with Gasteiger partial charge in [-0.1, -0.05) is 152 Å². The molecule has 11 rings (SSSR count). The van der Waals surface area contributed by atoms with Crippen LogP contribution < -0.4 is 0 Å². The van der Waals surface area contributed by atoms with Crippen LogP contribution in [0, 0.1) is 0 Å². The van der Waals surface area contributed by atoms with E-state index in [1.807, 2.05) is 72.8 Å². The summed E-state index contributed by atoms with van der Waals surface area (Å²) in [5.41, 5.74) is 11.5. The van der Waals surface area contributed by atoms with Crippen molar-refractivity contribution >= 4 is 38.2 Å². The summed E-state index contributed by atoms with van der Waals surface area (Å²) < 4.78 is 8.27. The Kier molecular flexibility index (Phi) is 7.38. The third-order valence-electron chi connectivity index (χ3n) is 10.5. The molecule has 0 saturated carbocycles. The van der Waals surface area contributed by atoms with Gasteiger partial charge in [-0.25, -0.2) is 19.5 Å². The summed E-state index contributed by atoms with van der Waals surface area (Å²) in [5, 5.41) is 9.75. The molecule has 0 radical (unpaired) electrons. The number of para-hydroxylation sites is 1. The Morgan fingerprint density at radius 3 is 1.68 bits per heavy atom. The van der Waals surface area contributed by atoms with Crippen molar-refractivity contribution in [1.82, 2.24) is 24.6 Å². The fraction of sp³-hybridized carbons (Fsp3) is 0. The normalized spacial score (nSPS) is 11.6. The maximum atomic E-state index is 6.15. The molecule has 56 heavy (non-hydrogen) atoms. The molecule has 0 aliphatic carbocycles. The second-order valence-electron chi connectivity index (χ2n) is 13.9. The number of aromatic nitrogens is 5. The van der Waals surface area contributed by atoms with Crippen LogP contribution in [0.2, 0.25) is 0 Å². The zero-order valence-corrected chi connectivity index (χ0v) is 30.0. The lowest BCUT2D eigenvalue weighted by molar-refractivity contribution is 0.669. The highest BCUT2D eigenvalue weighted by Crippen LogP contribution is 2.42. The van der Waals surface area contributed by atoms with Crippen molar-refractivity contribution in [3.8, 4) is 67.8 Å². The van der Waals surface area contributed by atoms with Crippen molar-refractivity contribution in [3.63, 3.8) is 0 Å². The lowest BCUT2D eigenvalue weighted by Gasteiger charge is -2.12. The molecular weight excluding hydrogens is 687 g/mol. The monoisotopic (exact) mass is 717 g/mol. The van der Waals surface area contributed by atoms with E-state index in [1.54, 1.807) is 0 Å². The molecule has 0 amide bonds. The zero-order chi connectivity index (χ0) is 37.0. The minimum absolute atomic E-state index is 0.584. The first-order valence-electron chi connectivity index (χ1n) is 18.6. The van der Waals surface area contributed by atoms with Gasteiger partial charge in [0.25, 0.3) is 0 Å². The Bertz CT molecular complexity index is 3240. The van der Waals surface area contributed by atoms with Crippen molar-refractivity contribution in [2.24, 2.45) is 0 Å². The average Bonchev–Trinajstić information content (AvgIpc) is 3.86. The van der Waals surface area contributed by atoms with Crippen LogP contribution in [0.5, 0.6) is 0 Å². The maximum Gasteiger partial charge on any atom is 0.164 e. The number of hydrogen-bond acceptors (Lipinski definition) is 5. The lowest BCUT2D eigenvalue weighted by Crippen LogP contribution is -2.00. The molecule has 0 atom stereocenters. The Labute approximate surface area is 322 Å². The summed E-state index contributed by atoms with van der Waals surface area (Å²) in [6.45, 7) is 0. The van der Waals surface area contributed by atoms with Gasteiger partial charge >= 0.3 is 0 Å². The topological polar surface area (TPSA) is 69.1 Å². The molecule has 0 bridgehead atoms. The van der Waals surface area contributed by atoms with Crippen LogP contribution in [-0.2, 0) is 0 Å². The van der Waals surface area contributed by atoms with Crippen LogP contribution in [0.25, 0.3) is 106 Å². The second-order valence-corrected chi connectivity index (χ2v) is 13.9. The largest absolute Gasteiger partial charge is 0.456 e. The molecule has 0 unspecified atom stereocenters. The van der Waals surface area contributed by atoms with Gasteiger partial charge in [0.05, 0.1) is 11.2 Å². The second kappa shape index (κ2) is 13.0. The van der Waals surface area contributed by atoms with Crippen molar-refractivity contribution < 1.29 is 4.42 Å². The van der Waals surface area contributed by atoms with Crippen molar-refractivity contribution in [2.45, 2.75) is 0 Å². The quantitative estimate of drug-likeness (QED) is 0.171. The highest BCUT2D eigenvalue weighted by atomic mass is 16.3. The van der Waals surface area contributed by atoms with Crippen molar-refractivity contribution in [3.05, 3.63) is 188 Å². The van der Waals surface area contributed by atoms with E-state index in [2.05, 4.69) is 120 Å². The van der Waals surface area contributed by atoms with E-state index in [4.69, 9.17) is 24.5 Å². The summed E-state index contributed by atoms with van der Waals surface area (Å²) in [4.78, 5) is 15.3. The predicted molar refractivity (Wildman–Crippen MR) is 226 cm³/mol. The number of pyridine rings is 1. The fourth-order valence-corrected chi connectivity index (χ4v) is 7.80. The van der Waals surface area contributed by atoms with Gasteiger partial charge < -0.3 is 4.42 Å². The van der Waals surface area contributed by atoms with Crippen LogP contribution in [0.15, 0.2) is 192 Å². The minimum atomic E-state index is 0.584. The summed E-state index contributed by atoms with van der Waals surface area (Å²) in [6.07, 6.45) is 0. The molecule has 0 spiro atoms. The smallest absolute Gasteiger partial charge is 0.164 e. The van der Waals surface area contributed by atoms with Gasteiger partial charge in [0.1, 0.15) is 16.9 Å². The molecule has 11 aromatic rings. The molecule has 0 aliphatic heterocycles. The predicted octanol–water partition coefficient (Wildman–Crippen LogP) is 12.6. The van der Waals surface area contributed by atoms with Gasteiger partial charge in [-0.15, -0.1) is 0 Å². The van der Waals surface area contributed by atoms with Crippen molar-refractivity contribution in [2.75, 3.05) is 0 Å². The molecule has 262 valence electrons. The fourth-order valence-electron chi connectivity index (χ4n) is 7.80. The van der Waals surface area contributed by atoms with Crippen molar-refractivity contribution in [1.29, 1.82) is 0 Å². The Balaban J connectivity index is 1.15. The molecule has 6 nitrogen and oxygen atoms in total. The average molecular weight is 718 g/mol. The third kappa shape index (κ3) is 5.35. The SMILES string of the molecule is c1ccc(-c2nc(-c3cccc(-c4c(-c5ccccc5)nn5c(-c6ccccc6)cc6ccccc6c45)c3)nc(-c3ccc4oc5ccccc5c4c3)n2)cc1. The first-order valence-corrected chi connectivity index (χ1v) is 18.6. The summed E-state index contributed by atoms with van der Waals surface area (Å²) in [7, 11) is 0. The molecule has 0 aliphatic rings. The standard InChI is InChI=1S/C50H31N5O/c1-4-15-32(16-5-1)42-31-35-21-10-11-24-39(35)47-45(46(54-55(42)47)33-17-6-2-7-18-33)36-22-14-23-37(29-36)49-51-48(34-19-8-3-9-20-34)52-50(53-49)38-27-28-44-41(30-38)40-25-12-13-26-43(40)56-44/h1-31H. The van der Waals surface area contributed by atoms with Crippen LogP contribution in [0.3, 0.4) is 0 Å². The zero-order valence-electron chi connectivity index (χ0n) is 30.0. The minimum Gasteiger partial charge on any atom is -0.456 e. The van der Waals surface area contributed by atoms with Gasteiger partial charge in [-0.2, -0.15) is 5.10 Å². The number of furan rings is 1. The third-order valence-corrected chi connectivity index (χ3v) is 10.5. The van der Waals surface area contributed by atoms with Crippen LogP contribution >= 0.6 is 0 Å². The number of rotatable bonds is 6. The summed E-state index contributed by atoms with van der Waals surface area (Å²) in [6, 6.07) is 64.5. The summed E-state index contributed by atoms with van der Waals surface area (Å²) in [5.74, 6) is 1.78. The van der Waals surface area contributed by atoms with E-state index in [0.717, 1.165) is 88.6 Å². The van der Waals surface area contributed by atoms with Crippen LogP contribution in [0.1, 0.15) is 0 Å².